The summed E-state index contributed by atoms with van der Waals surface area (Å²) in [6.45, 7) is 5.99. The van der Waals surface area contributed by atoms with E-state index in [4.69, 9.17) is 0 Å². The van der Waals surface area contributed by atoms with E-state index in [1.54, 1.807) is 12.1 Å². The van der Waals surface area contributed by atoms with Crippen molar-refractivity contribution in [3.05, 3.63) is 58.4 Å². The molecular formula is C16H15FO. The van der Waals surface area contributed by atoms with Crippen LogP contribution in [0.4, 0.5) is 4.39 Å². The number of aldehydes is 1. The number of halogens is 1. The summed E-state index contributed by atoms with van der Waals surface area (Å²) in [5.41, 5.74) is 5.02. The van der Waals surface area contributed by atoms with Gasteiger partial charge in [0.25, 0.3) is 0 Å². The topological polar surface area (TPSA) is 17.1 Å². The molecule has 0 saturated carbocycles. The van der Waals surface area contributed by atoms with Gasteiger partial charge in [-0.05, 0) is 49.1 Å². The van der Waals surface area contributed by atoms with Crippen molar-refractivity contribution in [1.82, 2.24) is 0 Å². The summed E-state index contributed by atoms with van der Waals surface area (Å²) in [6.07, 6.45) is 0.587. The maximum absolute atomic E-state index is 13.6. The summed E-state index contributed by atoms with van der Waals surface area (Å²) in [5, 5.41) is 0. The Morgan fingerprint density at radius 3 is 2.22 bits per heavy atom. The first-order valence-corrected chi connectivity index (χ1v) is 5.86. The summed E-state index contributed by atoms with van der Waals surface area (Å²) in [5.74, 6) is -0.470. The Balaban J connectivity index is 2.77. The maximum Gasteiger partial charge on any atom is 0.153 e. The van der Waals surface area contributed by atoms with E-state index >= 15 is 0 Å². The second-order valence-corrected chi connectivity index (χ2v) is 4.59. The second kappa shape index (κ2) is 4.73. The number of carbonyl (C=O) groups excluding carboxylic acids is 1. The van der Waals surface area contributed by atoms with Crippen molar-refractivity contribution in [1.29, 1.82) is 0 Å². The Kier molecular flexibility index (Phi) is 3.28. The van der Waals surface area contributed by atoms with Crippen molar-refractivity contribution < 1.29 is 9.18 Å². The Morgan fingerprint density at radius 1 is 1.06 bits per heavy atom. The van der Waals surface area contributed by atoms with Gasteiger partial charge in [-0.1, -0.05) is 29.8 Å². The van der Waals surface area contributed by atoms with Crippen LogP contribution in [0.2, 0.25) is 0 Å². The van der Waals surface area contributed by atoms with Gasteiger partial charge in [-0.3, -0.25) is 4.79 Å². The second-order valence-electron chi connectivity index (χ2n) is 4.59. The molecule has 18 heavy (non-hydrogen) atoms. The average Bonchev–Trinajstić information content (AvgIpc) is 2.27. The molecule has 2 rings (SSSR count). The fourth-order valence-electron chi connectivity index (χ4n) is 2.48. The first-order chi connectivity index (χ1) is 8.54. The number of rotatable bonds is 2. The predicted octanol–water partition coefficient (Wildman–Crippen LogP) is 4.23. The minimum atomic E-state index is -0.470. The van der Waals surface area contributed by atoms with Crippen LogP contribution in [0.5, 0.6) is 0 Å². The van der Waals surface area contributed by atoms with Crippen LogP contribution in [0, 0.1) is 26.6 Å². The van der Waals surface area contributed by atoms with Gasteiger partial charge in [-0.15, -0.1) is 0 Å². The molecule has 0 aliphatic heterocycles. The monoisotopic (exact) mass is 242 g/mol. The lowest BCUT2D eigenvalue weighted by Gasteiger charge is -2.13. The zero-order valence-corrected chi connectivity index (χ0v) is 10.8. The van der Waals surface area contributed by atoms with E-state index in [9.17, 15) is 9.18 Å². The van der Waals surface area contributed by atoms with Crippen molar-refractivity contribution in [2.45, 2.75) is 20.8 Å². The van der Waals surface area contributed by atoms with E-state index in [-0.39, 0.29) is 5.56 Å². The molecule has 0 spiro atoms. The third-order valence-electron chi connectivity index (χ3n) is 3.12. The first kappa shape index (κ1) is 12.5. The Labute approximate surface area is 106 Å². The van der Waals surface area contributed by atoms with Gasteiger partial charge >= 0.3 is 0 Å². The number of hydrogen-bond acceptors (Lipinski definition) is 1. The Bertz CT molecular complexity index is 591. The molecule has 0 radical (unpaired) electrons. The molecule has 0 atom stereocenters. The van der Waals surface area contributed by atoms with Crippen LogP contribution in [-0.2, 0) is 0 Å². The normalized spacial score (nSPS) is 10.4. The molecule has 0 N–H and O–H groups in total. The number of carbonyl (C=O) groups is 1. The molecule has 1 nitrogen and oxygen atoms in total. The summed E-state index contributed by atoms with van der Waals surface area (Å²) in [4.78, 5) is 11.1. The average molecular weight is 242 g/mol. The molecule has 0 amide bonds. The molecule has 92 valence electrons. The molecule has 0 aromatic heterocycles. The van der Waals surface area contributed by atoms with Crippen LogP contribution < -0.4 is 0 Å². The maximum atomic E-state index is 13.6. The van der Waals surface area contributed by atoms with Gasteiger partial charge in [-0.25, -0.2) is 4.39 Å². The van der Waals surface area contributed by atoms with E-state index in [1.807, 2.05) is 32.9 Å². The third kappa shape index (κ3) is 2.06. The summed E-state index contributed by atoms with van der Waals surface area (Å²) in [7, 11) is 0. The quantitative estimate of drug-likeness (QED) is 0.720. The minimum absolute atomic E-state index is 0.132. The van der Waals surface area contributed by atoms with Gasteiger partial charge in [-0.2, -0.15) is 0 Å². The highest BCUT2D eigenvalue weighted by molar-refractivity contribution is 5.89. The van der Waals surface area contributed by atoms with Gasteiger partial charge in [0.1, 0.15) is 5.82 Å². The Hall–Kier alpha value is -1.96. The molecular weight excluding hydrogens is 227 g/mol. The number of benzene rings is 2. The van der Waals surface area contributed by atoms with Gasteiger partial charge in [0.2, 0.25) is 0 Å². The smallest absolute Gasteiger partial charge is 0.153 e. The highest BCUT2D eigenvalue weighted by Gasteiger charge is 2.13. The standard InChI is InChI=1S/C16H15FO/c1-10-7-11(2)16(12(3)8-10)13-5-4-6-15(17)14(13)9-18/h4-9H,1-3H3. The first-order valence-electron chi connectivity index (χ1n) is 5.86. The lowest BCUT2D eigenvalue weighted by molar-refractivity contribution is 0.112. The van der Waals surface area contributed by atoms with Crippen molar-refractivity contribution in [3.63, 3.8) is 0 Å². The van der Waals surface area contributed by atoms with Crippen molar-refractivity contribution in [2.24, 2.45) is 0 Å². The van der Waals surface area contributed by atoms with Crippen LogP contribution in [0.15, 0.2) is 30.3 Å². The predicted molar refractivity (Wildman–Crippen MR) is 71.4 cm³/mol. The van der Waals surface area contributed by atoms with E-state index in [0.29, 0.717) is 11.8 Å². The Morgan fingerprint density at radius 2 is 1.67 bits per heavy atom. The lowest BCUT2D eigenvalue weighted by atomic mass is 9.91. The van der Waals surface area contributed by atoms with Crippen molar-refractivity contribution in [2.75, 3.05) is 0 Å². The van der Waals surface area contributed by atoms with Crippen LogP contribution >= 0.6 is 0 Å². The van der Waals surface area contributed by atoms with E-state index in [1.165, 1.54) is 6.07 Å². The van der Waals surface area contributed by atoms with Crippen LogP contribution in [0.1, 0.15) is 27.0 Å². The molecule has 0 aliphatic rings. The van der Waals surface area contributed by atoms with Gasteiger partial charge in [0.05, 0.1) is 5.56 Å². The van der Waals surface area contributed by atoms with Gasteiger partial charge in [0, 0.05) is 0 Å². The molecule has 2 aromatic rings. The molecule has 0 fully saturated rings. The van der Waals surface area contributed by atoms with Crippen molar-refractivity contribution >= 4 is 6.29 Å². The summed E-state index contributed by atoms with van der Waals surface area (Å²) >= 11 is 0. The molecule has 0 saturated heterocycles. The molecule has 0 bridgehead atoms. The fourth-order valence-corrected chi connectivity index (χ4v) is 2.48. The zero-order valence-electron chi connectivity index (χ0n) is 10.8. The summed E-state index contributed by atoms with van der Waals surface area (Å²) in [6, 6.07) is 8.82. The van der Waals surface area contributed by atoms with Gasteiger partial charge in [0.15, 0.2) is 6.29 Å². The van der Waals surface area contributed by atoms with Crippen LogP contribution in [0.25, 0.3) is 11.1 Å². The van der Waals surface area contributed by atoms with Crippen LogP contribution in [0.3, 0.4) is 0 Å². The highest BCUT2D eigenvalue weighted by atomic mass is 19.1. The largest absolute Gasteiger partial charge is 0.298 e. The minimum Gasteiger partial charge on any atom is -0.298 e. The van der Waals surface area contributed by atoms with E-state index < -0.39 is 5.82 Å². The number of hydrogen-bond donors (Lipinski definition) is 0. The highest BCUT2D eigenvalue weighted by Crippen LogP contribution is 2.31. The number of aryl methyl sites for hydroxylation is 3. The van der Waals surface area contributed by atoms with E-state index in [2.05, 4.69) is 0 Å². The fraction of sp³-hybridized carbons (Fsp3) is 0.188. The van der Waals surface area contributed by atoms with Gasteiger partial charge < -0.3 is 0 Å². The van der Waals surface area contributed by atoms with Crippen molar-refractivity contribution in [3.8, 4) is 11.1 Å². The van der Waals surface area contributed by atoms with Crippen LogP contribution in [-0.4, -0.2) is 6.29 Å². The molecule has 0 unspecified atom stereocenters. The third-order valence-corrected chi connectivity index (χ3v) is 3.12. The SMILES string of the molecule is Cc1cc(C)c(-c2cccc(F)c2C=O)c(C)c1. The summed E-state index contributed by atoms with van der Waals surface area (Å²) < 4.78 is 13.6. The molecule has 0 heterocycles. The molecule has 2 heteroatoms. The molecule has 0 aliphatic carbocycles. The lowest BCUT2D eigenvalue weighted by Crippen LogP contribution is -1.97. The zero-order chi connectivity index (χ0) is 13.3. The van der Waals surface area contributed by atoms with E-state index in [0.717, 1.165) is 22.3 Å². The molecule has 2 aromatic carbocycles.